The number of carbonyl (C=O) groups excluding carboxylic acids is 2. The molecule has 0 aliphatic carbocycles. The van der Waals surface area contributed by atoms with Crippen molar-refractivity contribution in [2.75, 3.05) is 28.3 Å². The van der Waals surface area contributed by atoms with E-state index in [-0.39, 0.29) is 11.8 Å². The highest BCUT2D eigenvalue weighted by atomic mass is 16.7. The summed E-state index contributed by atoms with van der Waals surface area (Å²) in [5, 5.41) is 3.66. The normalized spacial score (nSPS) is 10.5. The third-order valence-corrected chi connectivity index (χ3v) is 3.50. The molecule has 22 heavy (non-hydrogen) atoms. The van der Waals surface area contributed by atoms with Crippen LogP contribution in [0.1, 0.15) is 20.7 Å². The molecule has 0 bridgehead atoms. The van der Waals surface area contributed by atoms with Gasteiger partial charge in [0.05, 0.1) is 14.2 Å². The van der Waals surface area contributed by atoms with Gasteiger partial charge in [-0.2, -0.15) is 0 Å². The monoisotopic (exact) mass is 302 g/mol. The first-order chi connectivity index (χ1) is 10.5. The average Bonchev–Trinajstić information content (AvgIpc) is 2.58. The van der Waals surface area contributed by atoms with E-state index < -0.39 is 0 Å². The summed E-state index contributed by atoms with van der Waals surface area (Å²) in [5.41, 5.74) is 0.938. The minimum atomic E-state index is -0.280. The fourth-order valence-electron chi connectivity index (χ4n) is 2.18. The van der Waals surface area contributed by atoms with Gasteiger partial charge in [0.1, 0.15) is 0 Å². The quantitative estimate of drug-likeness (QED) is 0.812. The van der Waals surface area contributed by atoms with Gasteiger partial charge in [0.25, 0.3) is 11.8 Å². The molecular weight excluding hydrogens is 284 g/mol. The van der Waals surface area contributed by atoms with Crippen LogP contribution >= 0.6 is 0 Å². The molecule has 0 spiro atoms. The SMILES string of the molecule is CON(C)C(=O)c1ccc(C(=O)N(C)OC)c2ccccc12. The Kier molecular flexibility index (Phi) is 4.75. The molecule has 0 N–H and O–H groups in total. The van der Waals surface area contributed by atoms with Crippen LogP contribution in [-0.2, 0) is 9.68 Å². The van der Waals surface area contributed by atoms with Gasteiger partial charge in [0.15, 0.2) is 0 Å². The second kappa shape index (κ2) is 6.55. The Bertz CT molecular complexity index is 654. The summed E-state index contributed by atoms with van der Waals surface area (Å²) in [6, 6.07) is 10.5. The second-order valence-corrected chi connectivity index (χ2v) is 4.68. The fraction of sp³-hybridized carbons (Fsp3) is 0.250. The lowest BCUT2D eigenvalue weighted by atomic mass is 9.98. The minimum Gasteiger partial charge on any atom is -0.274 e. The van der Waals surface area contributed by atoms with Crippen LogP contribution < -0.4 is 0 Å². The van der Waals surface area contributed by atoms with Gasteiger partial charge in [-0.15, -0.1) is 0 Å². The maximum absolute atomic E-state index is 12.3. The molecule has 0 fully saturated rings. The summed E-state index contributed by atoms with van der Waals surface area (Å²) >= 11 is 0. The van der Waals surface area contributed by atoms with Gasteiger partial charge in [-0.1, -0.05) is 24.3 Å². The van der Waals surface area contributed by atoms with Crippen molar-refractivity contribution in [3.8, 4) is 0 Å². The Hall–Kier alpha value is -2.44. The smallest absolute Gasteiger partial charge is 0.274 e. The Labute approximate surface area is 128 Å². The van der Waals surface area contributed by atoms with Gasteiger partial charge in [0.2, 0.25) is 0 Å². The van der Waals surface area contributed by atoms with Crippen LogP contribution in [0.15, 0.2) is 36.4 Å². The number of hydrogen-bond donors (Lipinski definition) is 0. The topological polar surface area (TPSA) is 59.1 Å². The van der Waals surface area contributed by atoms with Gasteiger partial charge in [-0.3, -0.25) is 19.3 Å². The molecule has 0 heterocycles. The van der Waals surface area contributed by atoms with Crippen LogP contribution in [0.5, 0.6) is 0 Å². The molecule has 2 amide bonds. The Morgan fingerprint density at radius 1 is 0.773 bits per heavy atom. The number of carbonyl (C=O) groups is 2. The molecule has 0 radical (unpaired) electrons. The van der Waals surface area contributed by atoms with Crippen LogP contribution in [0, 0.1) is 0 Å². The number of fused-ring (bicyclic) bond motifs is 1. The molecule has 0 saturated heterocycles. The zero-order chi connectivity index (χ0) is 16.3. The highest BCUT2D eigenvalue weighted by Gasteiger charge is 2.20. The molecule has 0 unspecified atom stereocenters. The summed E-state index contributed by atoms with van der Waals surface area (Å²) in [7, 11) is 5.92. The largest absolute Gasteiger partial charge is 0.277 e. The molecule has 0 aliphatic heterocycles. The van der Waals surface area contributed by atoms with E-state index in [4.69, 9.17) is 9.68 Å². The minimum absolute atomic E-state index is 0.280. The number of hydrogen-bond acceptors (Lipinski definition) is 4. The van der Waals surface area contributed by atoms with E-state index in [0.717, 1.165) is 10.1 Å². The molecule has 2 aromatic carbocycles. The molecular formula is C16H18N2O4. The molecule has 2 rings (SSSR count). The summed E-state index contributed by atoms with van der Waals surface area (Å²) in [6.07, 6.45) is 0. The van der Waals surface area contributed by atoms with Crippen molar-refractivity contribution in [2.24, 2.45) is 0 Å². The number of nitrogens with zero attached hydrogens (tertiary/aromatic N) is 2. The maximum Gasteiger partial charge on any atom is 0.277 e. The second-order valence-electron chi connectivity index (χ2n) is 4.68. The lowest BCUT2D eigenvalue weighted by Gasteiger charge is -2.18. The van der Waals surface area contributed by atoms with E-state index in [1.54, 1.807) is 24.3 Å². The third kappa shape index (κ3) is 2.79. The highest BCUT2D eigenvalue weighted by molar-refractivity contribution is 6.13. The van der Waals surface area contributed by atoms with E-state index >= 15 is 0 Å². The number of hydroxylamine groups is 4. The number of benzene rings is 2. The van der Waals surface area contributed by atoms with Crippen LogP contribution in [0.4, 0.5) is 0 Å². The zero-order valence-electron chi connectivity index (χ0n) is 13.0. The Balaban J connectivity index is 2.62. The van der Waals surface area contributed by atoms with Crippen LogP contribution in [-0.4, -0.2) is 50.3 Å². The molecule has 2 aromatic rings. The first-order valence-corrected chi connectivity index (χ1v) is 6.67. The first-order valence-electron chi connectivity index (χ1n) is 6.67. The van der Waals surface area contributed by atoms with Crippen LogP contribution in [0.25, 0.3) is 10.8 Å². The Morgan fingerprint density at radius 3 is 1.45 bits per heavy atom. The van der Waals surface area contributed by atoms with E-state index in [1.165, 1.54) is 28.3 Å². The van der Waals surface area contributed by atoms with Crippen molar-refractivity contribution in [1.29, 1.82) is 0 Å². The summed E-state index contributed by atoms with van der Waals surface area (Å²) in [6.45, 7) is 0. The van der Waals surface area contributed by atoms with Crippen molar-refractivity contribution in [1.82, 2.24) is 10.1 Å². The standard InChI is InChI=1S/C16H18N2O4/c1-17(21-3)15(19)13-9-10-14(16(20)18(2)22-4)12-8-6-5-7-11(12)13/h5-10H,1-4H3. The summed E-state index contributed by atoms with van der Waals surface area (Å²) in [5.74, 6) is -0.560. The predicted molar refractivity (Wildman–Crippen MR) is 82.2 cm³/mol. The van der Waals surface area contributed by atoms with Gasteiger partial charge in [0, 0.05) is 25.2 Å². The molecule has 0 aliphatic rings. The molecule has 0 aromatic heterocycles. The van der Waals surface area contributed by atoms with Crippen molar-refractivity contribution in [3.63, 3.8) is 0 Å². The first kappa shape index (κ1) is 15.9. The number of amides is 2. The van der Waals surface area contributed by atoms with Gasteiger partial charge in [-0.25, -0.2) is 10.1 Å². The van der Waals surface area contributed by atoms with E-state index in [2.05, 4.69) is 0 Å². The van der Waals surface area contributed by atoms with Gasteiger partial charge < -0.3 is 0 Å². The van der Waals surface area contributed by atoms with E-state index in [1.807, 2.05) is 12.1 Å². The molecule has 6 nitrogen and oxygen atoms in total. The van der Waals surface area contributed by atoms with Crippen molar-refractivity contribution < 1.29 is 19.3 Å². The predicted octanol–water partition coefficient (Wildman–Crippen LogP) is 2.11. The van der Waals surface area contributed by atoms with Gasteiger partial charge in [-0.05, 0) is 22.9 Å². The van der Waals surface area contributed by atoms with Crippen molar-refractivity contribution in [3.05, 3.63) is 47.5 Å². The Morgan fingerprint density at radius 2 is 1.14 bits per heavy atom. The average molecular weight is 302 g/mol. The zero-order valence-corrected chi connectivity index (χ0v) is 13.0. The van der Waals surface area contributed by atoms with Crippen LogP contribution in [0.2, 0.25) is 0 Å². The molecule has 0 atom stereocenters. The van der Waals surface area contributed by atoms with Crippen molar-refractivity contribution >= 4 is 22.6 Å². The lowest BCUT2D eigenvalue weighted by Crippen LogP contribution is -2.27. The molecule has 6 heteroatoms. The maximum atomic E-state index is 12.3. The summed E-state index contributed by atoms with van der Waals surface area (Å²) in [4.78, 5) is 34.6. The van der Waals surface area contributed by atoms with Gasteiger partial charge >= 0.3 is 0 Å². The highest BCUT2D eigenvalue weighted by Crippen LogP contribution is 2.25. The van der Waals surface area contributed by atoms with Crippen LogP contribution in [0.3, 0.4) is 0 Å². The van der Waals surface area contributed by atoms with E-state index in [9.17, 15) is 9.59 Å². The summed E-state index contributed by atoms with van der Waals surface area (Å²) < 4.78 is 0. The lowest BCUT2D eigenvalue weighted by molar-refractivity contribution is -0.0758. The van der Waals surface area contributed by atoms with E-state index in [0.29, 0.717) is 21.9 Å². The molecule has 116 valence electrons. The van der Waals surface area contributed by atoms with Crippen molar-refractivity contribution in [2.45, 2.75) is 0 Å². The number of rotatable bonds is 4. The molecule has 0 saturated carbocycles. The fourth-order valence-corrected chi connectivity index (χ4v) is 2.18. The third-order valence-electron chi connectivity index (χ3n) is 3.50.